The predicted molar refractivity (Wildman–Crippen MR) is 75.9 cm³/mol. The van der Waals surface area contributed by atoms with Crippen LogP contribution in [0.25, 0.3) is 11.2 Å². The van der Waals surface area contributed by atoms with Gasteiger partial charge in [0.25, 0.3) is 0 Å². The fourth-order valence-electron chi connectivity index (χ4n) is 1.90. The summed E-state index contributed by atoms with van der Waals surface area (Å²) >= 11 is 3.44. The summed E-state index contributed by atoms with van der Waals surface area (Å²) in [5.41, 5.74) is 8.32. The molecular formula is C13H10BrN3O2. The number of hydrogen-bond acceptors (Lipinski definition) is 4. The second-order valence-electron chi connectivity index (χ2n) is 4.13. The van der Waals surface area contributed by atoms with Crippen LogP contribution >= 0.6 is 15.9 Å². The van der Waals surface area contributed by atoms with Crippen molar-refractivity contribution in [3.05, 3.63) is 57.1 Å². The normalized spacial score (nSPS) is 11.0. The van der Waals surface area contributed by atoms with Crippen LogP contribution in [0.4, 0.5) is 5.69 Å². The summed E-state index contributed by atoms with van der Waals surface area (Å²) in [5.74, 6) is -0.419. The molecule has 0 atom stereocenters. The Bertz CT molecular complexity index is 807. The van der Waals surface area contributed by atoms with E-state index in [1.807, 2.05) is 6.07 Å². The van der Waals surface area contributed by atoms with Gasteiger partial charge in [-0.15, -0.1) is 0 Å². The molecule has 3 aromatic rings. The maximum Gasteiger partial charge on any atom is 0.421 e. The number of pyridine rings is 1. The third-order valence-corrected chi connectivity index (χ3v) is 3.57. The van der Waals surface area contributed by atoms with Crippen molar-refractivity contribution in [2.75, 3.05) is 5.73 Å². The molecule has 2 heterocycles. The van der Waals surface area contributed by atoms with Crippen LogP contribution in [0, 0.1) is 0 Å². The lowest BCUT2D eigenvalue weighted by molar-refractivity contribution is 0.517. The zero-order valence-corrected chi connectivity index (χ0v) is 11.4. The monoisotopic (exact) mass is 319 g/mol. The molecule has 0 fully saturated rings. The van der Waals surface area contributed by atoms with E-state index in [1.165, 1.54) is 4.57 Å². The number of nitrogens with zero attached hydrogens (tertiary/aromatic N) is 2. The van der Waals surface area contributed by atoms with Crippen molar-refractivity contribution in [1.29, 1.82) is 0 Å². The lowest BCUT2D eigenvalue weighted by atomic mass is 10.2. The van der Waals surface area contributed by atoms with Gasteiger partial charge < -0.3 is 10.2 Å². The summed E-state index contributed by atoms with van der Waals surface area (Å²) in [4.78, 5) is 16.0. The summed E-state index contributed by atoms with van der Waals surface area (Å²) < 4.78 is 7.48. The third kappa shape index (κ3) is 2.15. The fraction of sp³-hybridized carbons (Fsp3) is 0.0769. The minimum Gasteiger partial charge on any atom is -0.406 e. The van der Waals surface area contributed by atoms with Crippen molar-refractivity contribution < 1.29 is 4.42 Å². The Balaban J connectivity index is 2.10. The number of nitrogen functional groups attached to an aromatic ring is 1. The van der Waals surface area contributed by atoms with Crippen molar-refractivity contribution in [2.45, 2.75) is 6.54 Å². The van der Waals surface area contributed by atoms with E-state index in [2.05, 4.69) is 20.9 Å². The minimum atomic E-state index is -0.419. The topological polar surface area (TPSA) is 74.0 Å². The molecule has 0 unspecified atom stereocenters. The Morgan fingerprint density at radius 1 is 1.37 bits per heavy atom. The minimum absolute atomic E-state index is 0.379. The molecule has 0 bridgehead atoms. The van der Waals surface area contributed by atoms with E-state index in [-0.39, 0.29) is 0 Å². The van der Waals surface area contributed by atoms with Crippen molar-refractivity contribution in [3.63, 3.8) is 0 Å². The largest absolute Gasteiger partial charge is 0.421 e. The van der Waals surface area contributed by atoms with E-state index >= 15 is 0 Å². The molecule has 1 aromatic carbocycles. The van der Waals surface area contributed by atoms with Gasteiger partial charge in [0, 0.05) is 16.4 Å². The van der Waals surface area contributed by atoms with E-state index in [0.29, 0.717) is 23.5 Å². The van der Waals surface area contributed by atoms with Crippen LogP contribution in [0.15, 0.2) is 50.2 Å². The van der Waals surface area contributed by atoms with E-state index in [4.69, 9.17) is 10.2 Å². The molecule has 0 aliphatic heterocycles. The summed E-state index contributed by atoms with van der Waals surface area (Å²) in [5, 5.41) is 0. The summed E-state index contributed by atoms with van der Waals surface area (Å²) in [7, 11) is 0. The van der Waals surface area contributed by atoms with Gasteiger partial charge in [0.15, 0.2) is 11.2 Å². The number of anilines is 1. The molecule has 0 amide bonds. The van der Waals surface area contributed by atoms with Crippen LogP contribution in [0.5, 0.6) is 0 Å². The summed E-state index contributed by atoms with van der Waals surface area (Å²) in [6.07, 6.45) is 1.63. The zero-order valence-electron chi connectivity index (χ0n) is 9.84. The van der Waals surface area contributed by atoms with E-state index in [9.17, 15) is 4.79 Å². The molecule has 0 saturated heterocycles. The first-order valence-corrected chi connectivity index (χ1v) is 6.43. The second-order valence-corrected chi connectivity index (χ2v) is 4.98. The number of hydrogen-bond donors (Lipinski definition) is 1. The van der Waals surface area contributed by atoms with Gasteiger partial charge in [-0.1, -0.05) is 22.0 Å². The molecule has 0 spiro atoms. The number of rotatable bonds is 2. The molecule has 96 valence electrons. The summed E-state index contributed by atoms with van der Waals surface area (Å²) in [6.45, 7) is 0.379. The SMILES string of the molecule is Nc1ccc(Cn2c(=O)oc3cccnc32)c(Br)c1. The number of oxazole rings is 1. The number of aromatic nitrogens is 2. The highest BCUT2D eigenvalue weighted by Gasteiger charge is 2.11. The van der Waals surface area contributed by atoms with Crippen LogP contribution < -0.4 is 11.5 Å². The van der Waals surface area contributed by atoms with Crippen LogP contribution in [0.3, 0.4) is 0 Å². The highest BCUT2D eigenvalue weighted by atomic mass is 79.9. The molecule has 3 rings (SSSR count). The molecule has 0 radical (unpaired) electrons. The predicted octanol–water partition coefficient (Wildman–Crippen LogP) is 2.38. The Morgan fingerprint density at radius 3 is 3.00 bits per heavy atom. The van der Waals surface area contributed by atoms with Gasteiger partial charge in [-0.25, -0.2) is 9.78 Å². The lowest BCUT2D eigenvalue weighted by Crippen LogP contribution is -2.15. The van der Waals surface area contributed by atoms with E-state index in [0.717, 1.165) is 10.0 Å². The van der Waals surface area contributed by atoms with Crippen molar-refractivity contribution >= 4 is 32.8 Å². The number of benzene rings is 1. The maximum atomic E-state index is 11.8. The first-order chi connectivity index (χ1) is 9.15. The van der Waals surface area contributed by atoms with Gasteiger partial charge in [-0.3, -0.25) is 4.57 Å². The molecule has 0 saturated carbocycles. The van der Waals surface area contributed by atoms with Crippen molar-refractivity contribution in [1.82, 2.24) is 9.55 Å². The zero-order chi connectivity index (χ0) is 13.4. The van der Waals surface area contributed by atoms with Gasteiger partial charge in [0.05, 0.1) is 6.54 Å². The quantitative estimate of drug-likeness (QED) is 0.736. The van der Waals surface area contributed by atoms with Gasteiger partial charge in [0.1, 0.15) is 0 Å². The fourth-order valence-corrected chi connectivity index (χ4v) is 2.42. The van der Waals surface area contributed by atoms with Crippen LogP contribution in [-0.2, 0) is 6.54 Å². The van der Waals surface area contributed by atoms with Gasteiger partial charge in [-0.05, 0) is 29.8 Å². The third-order valence-electron chi connectivity index (χ3n) is 2.83. The van der Waals surface area contributed by atoms with Gasteiger partial charge in [0.2, 0.25) is 0 Å². The van der Waals surface area contributed by atoms with Crippen molar-refractivity contribution in [2.24, 2.45) is 0 Å². The van der Waals surface area contributed by atoms with Gasteiger partial charge in [-0.2, -0.15) is 0 Å². The molecule has 2 aromatic heterocycles. The smallest absolute Gasteiger partial charge is 0.406 e. The number of halogens is 1. The Morgan fingerprint density at radius 2 is 2.21 bits per heavy atom. The molecule has 6 heteroatoms. The average Bonchev–Trinajstić information content (AvgIpc) is 2.69. The Kier molecular flexibility index (Phi) is 2.87. The average molecular weight is 320 g/mol. The number of fused-ring (bicyclic) bond motifs is 1. The summed E-state index contributed by atoms with van der Waals surface area (Å²) in [6, 6.07) is 8.91. The lowest BCUT2D eigenvalue weighted by Gasteiger charge is -2.05. The van der Waals surface area contributed by atoms with E-state index < -0.39 is 5.76 Å². The Labute approximate surface area is 116 Å². The Hall–Kier alpha value is -2.08. The highest BCUT2D eigenvalue weighted by Crippen LogP contribution is 2.21. The molecular weight excluding hydrogens is 310 g/mol. The van der Waals surface area contributed by atoms with Crippen LogP contribution in [0.2, 0.25) is 0 Å². The first-order valence-electron chi connectivity index (χ1n) is 5.63. The van der Waals surface area contributed by atoms with Crippen molar-refractivity contribution in [3.8, 4) is 0 Å². The standard InChI is InChI=1S/C13H10BrN3O2/c14-10-6-9(15)4-3-8(10)7-17-12-11(19-13(17)18)2-1-5-16-12/h1-6H,7,15H2. The highest BCUT2D eigenvalue weighted by molar-refractivity contribution is 9.10. The molecule has 19 heavy (non-hydrogen) atoms. The van der Waals surface area contributed by atoms with Gasteiger partial charge >= 0.3 is 5.76 Å². The first kappa shape index (κ1) is 12.0. The maximum absolute atomic E-state index is 11.8. The second kappa shape index (κ2) is 4.55. The van der Waals surface area contributed by atoms with Crippen LogP contribution in [0.1, 0.15) is 5.56 Å². The molecule has 2 N–H and O–H groups in total. The van der Waals surface area contributed by atoms with Crippen LogP contribution in [-0.4, -0.2) is 9.55 Å². The molecule has 0 aliphatic rings. The van der Waals surface area contributed by atoms with E-state index in [1.54, 1.807) is 30.5 Å². The molecule has 5 nitrogen and oxygen atoms in total. The molecule has 0 aliphatic carbocycles. The number of nitrogens with two attached hydrogens (primary N) is 1.